The van der Waals surface area contributed by atoms with Crippen molar-refractivity contribution in [3.8, 4) is 0 Å². The van der Waals surface area contributed by atoms with Gasteiger partial charge in [-0.2, -0.15) is 0 Å². The first-order valence-corrected chi connectivity index (χ1v) is 12.1. The Morgan fingerprint density at radius 2 is 1.82 bits per heavy atom. The SMILES string of the molecule is CO[C@H]1C(O)[C@@H](COC(C)C)O[C@H]1CCCNC(=O)C1CCC(CN2C(=O)C=CC2=O)CC1.[Y]. The summed E-state index contributed by atoms with van der Waals surface area (Å²) in [5.41, 5.74) is 0. The molecule has 1 saturated carbocycles. The van der Waals surface area contributed by atoms with Gasteiger partial charge in [-0.25, -0.2) is 0 Å². The molecule has 0 bridgehead atoms. The number of aliphatic hydroxyl groups excluding tert-OH is 1. The first kappa shape index (κ1) is 29.5. The molecule has 3 amide bonds. The Bertz CT molecular complexity index is 706. The predicted octanol–water partition coefficient (Wildman–Crippen LogP) is 1.18. The van der Waals surface area contributed by atoms with E-state index in [0.717, 1.165) is 32.1 Å². The van der Waals surface area contributed by atoms with Gasteiger partial charge in [-0.05, 0) is 58.3 Å². The van der Waals surface area contributed by atoms with Crippen molar-refractivity contribution in [3.05, 3.63) is 12.2 Å². The molecule has 1 saturated heterocycles. The first-order chi connectivity index (χ1) is 15.8. The minimum Gasteiger partial charge on any atom is -0.387 e. The minimum absolute atomic E-state index is 0. The van der Waals surface area contributed by atoms with Crippen LogP contribution in [0.1, 0.15) is 52.4 Å². The van der Waals surface area contributed by atoms with Crippen LogP contribution < -0.4 is 5.32 Å². The molecule has 0 aromatic rings. The van der Waals surface area contributed by atoms with Crippen molar-refractivity contribution in [3.63, 3.8) is 0 Å². The van der Waals surface area contributed by atoms with Crippen molar-refractivity contribution in [1.29, 1.82) is 0 Å². The van der Waals surface area contributed by atoms with Crippen LogP contribution in [-0.2, 0) is 61.3 Å². The summed E-state index contributed by atoms with van der Waals surface area (Å²) >= 11 is 0. The van der Waals surface area contributed by atoms with Gasteiger partial charge in [-0.15, -0.1) is 0 Å². The number of rotatable bonds is 11. The molecular weight excluding hydrogens is 517 g/mol. The minimum atomic E-state index is -0.731. The molecule has 2 aliphatic heterocycles. The van der Waals surface area contributed by atoms with Crippen LogP contribution in [-0.4, -0.2) is 85.1 Å². The zero-order valence-corrected chi connectivity index (χ0v) is 23.3. The van der Waals surface area contributed by atoms with E-state index in [0.29, 0.717) is 26.1 Å². The fourth-order valence-corrected chi connectivity index (χ4v) is 4.90. The van der Waals surface area contributed by atoms with E-state index in [2.05, 4.69) is 5.32 Å². The number of methoxy groups -OCH3 is 1. The number of aliphatic hydroxyl groups is 1. The fourth-order valence-electron chi connectivity index (χ4n) is 4.90. The predicted molar refractivity (Wildman–Crippen MR) is 120 cm³/mol. The van der Waals surface area contributed by atoms with Gasteiger partial charge < -0.3 is 24.6 Å². The van der Waals surface area contributed by atoms with Gasteiger partial charge in [-0.1, -0.05) is 0 Å². The van der Waals surface area contributed by atoms with Crippen LogP contribution in [0.3, 0.4) is 0 Å². The number of carbonyl (C=O) groups is 3. The second kappa shape index (κ2) is 14.1. The van der Waals surface area contributed by atoms with E-state index in [4.69, 9.17) is 14.2 Å². The van der Waals surface area contributed by atoms with Crippen LogP contribution in [0.5, 0.6) is 0 Å². The monoisotopic (exact) mass is 555 g/mol. The molecule has 2 fully saturated rings. The summed E-state index contributed by atoms with van der Waals surface area (Å²) in [5, 5.41) is 13.5. The number of nitrogens with one attached hydrogen (secondary N) is 1. The van der Waals surface area contributed by atoms with Crippen LogP contribution in [0.2, 0.25) is 0 Å². The maximum Gasteiger partial charge on any atom is 0.253 e. The molecular formula is C24H38N2O7Y. The Hall–Kier alpha value is -0.706. The van der Waals surface area contributed by atoms with Crippen molar-refractivity contribution in [2.24, 2.45) is 11.8 Å². The van der Waals surface area contributed by atoms with Gasteiger partial charge in [0.2, 0.25) is 5.91 Å². The normalized spacial score (nSPS) is 31.3. The van der Waals surface area contributed by atoms with Gasteiger partial charge in [0.15, 0.2) is 0 Å². The van der Waals surface area contributed by atoms with Crippen molar-refractivity contribution < 1.29 is 66.4 Å². The van der Waals surface area contributed by atoms with Crippen molar-refractivity contribution >= 4 is 17.7 Å². The third-order valence-corrected chi connectivity index (χ3v) is 6.82. The molecule has 1 radical (unpaired) electrons. The molecule has 1 aliphatic carbocycles. The van der Waals surface area contributed by atoms with Crippen molar-refractivity contribution in [2.45, 2.75) is 82.9 Å². The molecule has 4 atom stereocenters. The maximum atomic E-state index is 12.6. The molecule has 9 nitrogen and oxygen atoms in total. The average molecular weight is 555 g/mol. The van der Waals surface area contributed by atoms with E-state index >= 15 is 0 Å². The molecule has 1 unspecified atom stereocenters. The first-order valence-electron chi connectivity index (χ1n) is 12.1. The summed E-state index contributed by atoms with van der Waals surface area (Å²) in [5.74, 6) is -0.201. The molecule has 0 aromatic heterocycles. The third-order valence-electron chi connectivity index (χ3n) is 6.82. The van der Waals surface area contributed by atoms with Gasteiger partial charge in [-0.3, -0.25) is 19.3 Å². The number of imide groups is 1. The molecule has 3 aliphatic rings. The average Bonchev–Trinajstić information content (AvgIpc) is 3.28. The summed E-state index contributed by atoms with van der Waals surface area (Å²) in [6, 6.07) is 0. The van der Waals surface area contributed by atoms with E-state index in [1.54, 1.807) is 7.11 Å². The van der Waals surface area contributed by atoms with Crippen molar-refractivity contribution in [1.82, 2.24) is 10.2 Å². The Kier molecular flexibility index (Phi) is 12.3. The largest absolute Gasteiger partial charge is 0.387 e. The zero-order valence-electron chi connectivity index (χ0n) is 20.5. The van der Waals surface area contributed by atoms with E-state index < -0.39 is 18.3 Å². The van der Waals surface area contributed by atoms with Crippen LogP contribution in [0, 0.1) is 11.8 Å². The summed E-state index contributed by atoms with van der Waals surface area (Å²) in [4.78, 5) is 37.3. The number of hydrogen-bond donors (Lipinski definition) is 2. The van der Waals surface area contributed by atoms with E-state index in [1.807, 2.05) is 13.8 Å². The number of amides is 3. The number of ether oxygens (including phenoxy) is 3. The summed E-state index contributed by atoms with van der Waals surface area (Å²) in [6.45, 7) is 5.19. The zero-order chi connectivity index (χ0) is 24.0. The summed E-state index contributed by atoms with van der Waals surface area (Å²) in [6.07, 6.45) is 5.51. The molecule has 2 N–H and O–H groups in total. The van der Waals surface area contributed by atoms with Crippen LogP contribution in [0.4, 0.5) is 0 Å². The molecule has 3 rings (SSSR count). The van der Waals surface area contributed by atoms with E-state index in [-0.39, 0.29) is 74.5 Å². The van der Waals surface area contributed by atoms with Gasteiger partial charge >= 0.3 is 0 Å². The second-order valence-corrected chi connectivity index (χ2v) is 9.56. The molecule has 189 valence electrons. The molecule has 10 heteroatoms. The molecule has 2 heterocycles. The quantitative estimate of drug-likeness (QED) is 0.291. The number of carbonyl (C=O) groups excluding carboxylic acids is 3. The Labute approximate surface area is 227 Å². The fraction of sp³-hybridized carbons (Fsp3) is 0.792. The topological polar surface area (TPSA) is 114 Å². The summed E-state index contributed by atoms with van der Waals surface area (Å²) < 4.78 is 17.0. The number of hydrogen-bond acceptors (Lipinski definition) is 7. The Morgan fingerprint density at radius 3 is 2.41 bits per heavy atom. The van der Waals surface area contributed by atoms with E-state index in [9.17, 15) is 19.5 Å². The Morgan fingerprint density at radius 1 is 1.18 bits per heavy atom. The molecule has 0 spiro atoms. The van der Waals surface area contributed by atoms with Crippen molar-refractivity contribution in [2.75, 3.05) is 26.8 Å². The second-order valence-electron chi connectivity index (χ2n) is 9.56. The smallest absolute Gasteiger partial charge is 0.253 e. The van der Waals surface area contributed by atoms with Crippen LogP contribution in [0.15, 0.2) is 12.2 Å². The molecule has 0 aromatic carbocycles. The van der Waals surface area contributed by atoms with Gasteiger partial charge in [0.1, 0.15) is 18.3 Å². The summed E-state index contributed by atoms with van der Waals surface area (Å²) in [7, 11) is 1.57. The van der Waals surface area contributed by atoms with Crippen LogP contribution >= 0.6 is 0 Å². The van der Waals surface area contributed by atoms with Crippen LogP contribution in [0.25, 0.3) is 0 Å². The molecule has 34 heavy (non-hydrogen) atoms. The van der Waals surface area contributed by atoms with Gasteiger partial charge in [0.25, 0.3) is 11.8 Å². The maximum absolute atomic E-state index is 12.6. The van der Waals surface area contributed by atoms with E-state index in [1.165, 1.54) is 17.1 Å². The van der Waals surface area contributed by atoms with Gasteiger partial charge in [0.05, 0.1) is 18.8 Å². The number of nitrogens with zero attached hydrogens (tertiary/aromatic N) is 1. The third kappa shape index (κ3) is 7.90. The van der Waals surface area contributed by atoms with Gasteiger partial charge in [0, 0.05) is 71.0 Å². The standard InChI is InChI=1S/C24H38N2O7.Y/c1-15(2)32-14-19-22(29)23(31-3)18(33-19)5-4-12-25-24(30)17-8-6-16(7-9-17)13-26-20(27)10-11-21(26)28;/h10-11,15-19,22-23,29H,4-9,12-14H2,1-3H3,(H,25,30);/t16?,17?,18-,19+,22?,23+;/m0./s1. The Balaban J connectivity index is 0.00000408.